The molecule has 2 aromatic rings. The number of hydrogen-bond acceptors (Lipinski definition) is 5. The predicted molar refractivity (Wildman–Crippen MR) is 106 cm³/mol. The first-order chi connectivity index (χ1) is 14.0. The number of likely N-dealkylation sites (N-methyl/N-ethyl adjacent to an activating group) is 1. The molecule has 7 nitrogen and oxygen atoms in total. The van der Waals surface area contributed by atoms with Crippen molar-refractivity contribution in [1.29, 1.82) is 0 Å². The van der Waals surface area contributed by atoms with Gasteiger partial charge in [0.05, 0.1) is 38.8 Å². The lowest BCUT2D eigenvalue weighted by Crippen LogP contribution is -3.06. The number of aliphatic hydroxyl groups is 1. The molecule has 1 fully saturated rings. The molecule has 2 N–H and O–H groups in total. The molecule has 1 atom stereocenters. The van der Waals surface area contributed by atoms with Crippen LogP contribution in [-0.2, 0) is 9.59 Å². The zero-order valence-electron chi connectivity index (χ0n) is 16.3. The molecule has 1 unspecified atom stereocenters. The van der Waals surface area contributed by atoms with Crippen molar-refractivity contribution in [2.24, 2.45) is 0 Å². The second kappa shape index (κ2) is 7.60. The number of rotatable bonds is 5. The highest BCUT2D eigenvalue weighted by atomic mass is 16.7. The Bertz CT molecular complexity index is 984. The molecule has 4 rings (SSSR count). The Morgan fingerprint density at radius 3 is 2.55 bits per heavy atom. The van der Waals surface area contributed by atoms with Crippen molar-refractivity contribution in [3.63, 3.8) is 0 Å². The first kappa shape index (κ1) is 19.0. The lowest BCUT2D eigenvalue weighted by Gasteiger charge is -2.25. The maximum Gasteiger partial charge on any atom is 0.295 e. The Labute approximate surface area is 168 Å². The van der Waals surface area contributed by atoms with E-state index in [9.17, 15) is 14.7 Å². The Hall–Kier alpha value is -3.32. The van der Waals surface area contributed by atoms with Crippen LogP contribution < -0.4 is 14.4 Å². The smallest absolute Gasteiger partial charge is 0.295 e. The molecule has 7 heteroatoms. The summed E-state index contributed by atoms with van der Waals surface area (Å²) in [6, 6.07) is 13.4. The second-order valence-corrected chi connectivity index (χ2v) is 7.43. The maximum atomic E-state index is 12.9. The summed E-state index contributed by atoms with van der Waals surface area (Å²) >= 11 is 0. The number of hydrogen-bond donors (Lipinski definition) is 2. The first-order valence-electron chi connectivity index (χ1n) is 9.50. The number of Topliss-reactive ketones (excluding diaryl/α,β-unsaturated/α-hetero) is 1. The SMILES string of the molecule is C[NH+](C)CCN1C(=O)C(=O)C(=C(O)c2ccccc2)C1c1ccc2c(c1)OCO2. The monoisotopic (exact) mass is 395 g/mol. The molecule has 0 bridgehead atoms. The van der Waals surface area contributed by atoms with Crippen molar-refractivity contribution >= 4 is 17.4 Å². The van der Waals surface area contributed by atoms with E-state index in [1.165, 1.54) is 4.90 Å². The minimum Gasteiger partial charge on any atom is -0.507 e. The highest BCUT2D eigenvalue weighted by Gasteiger charge is 2.46. The van der Waals surface area contributed by atoms with E-state index in [2.05, 4.69) is 0 Å². The van der Waals surface area contributed by atoms with Gasteiger partial charge in [-0.25, -0.2) is 0 Å². The number of amides is 1. The number of aliphatic hydroxyl groups excluding tert-OH is 1. The van der Waals surface area contributed by atoms with Crippen LogP contribution in [0.1, 0.15) is 17.2 Å². The third kappa shape index (κ3) is 3.45. The van der Waals surface area contributed by atoms with E-state index in [-0.39, 0.29) is 18.1 Å². The molecule has 0 aromatic heterocycles. The van der Waals surface area contributed by atoms with Crippen LogP contribution in [0.4, 0.5) is 0 Å². The first-order valence-corrected chi connectivity index (χ1v) is 9.50. The molecule has 0 spiro atoms. The van der Waals surface area contributed by atoms with Crippen molar-refractivity contribution in [2.45, 2.75) is 6.04 Å². The molecule has 0 aliphatic carbocycles. The Morgan fingerprint density at radius 1 is 1.10 bits per heavy atom. The van der Waals surface area contributed by atoms with E-state index in [1.807, 2.05) is 20.2 Å². The van der Waals surface area contributed by atoms with E-state index in [1.54, 1.807) is 42.5 Å². The van der Waals surface area contributed by atoms with E-state index in [0.717, 1.165) is 4.90 Å². The van der Waals surface area contributed by atoms with Gasteiger partial charge in [0.25, 0.3) is 11.7 Å². The van der Waals surface area contributed by atoms with Gasteiger partial charge in [0, 0.05) is 5.56 Å². The molecule has 2 heterocycles. The van der Waals surface area contributed by atoms with Crippen LogP contribution >= 0.6 is 0 Å². The van der Waals surface area contributed by atoms with Gasteiger partial charge in [-0.2, -0.15) is 0 Å². The number of ketones is 1. The lowest BCUT2D eigenvalue weighted by atomic mass is 9.95. The lowest BCUT2D eigenvalue weighted by molar-refractivity contribution is -0.857. The standard InChI is InChI=1S/C22H22N2O5/c1-23(2)10-11-24-19(15-8-9-16-17(12-15)29-13-28-16)18(21(26)22(24)27)20(25)14-6-4-3-5-7-14/h3-9,12,19,25H,10-11,13H2,1-2H3/p+1. The van der Waals surface area contributed by atoms with Crippen LogP contribution in [0.5, 0.6) is 11.5 Å². The highest BCUT2D eigenvalue weighted by Crippen LogP contribution is 2.42. The summed E-state index contributed by atoms with van der Waals surface area (Å²) in [5.74, 6) is -0.280. The normalized spacial score (nSPS) is 20.0. The molecule has 2 aliphatic rings. The van der Waals surface area contributed by atoms with Gasteiger partial charge in [0.2, 0.25) is 6.79 Å². The Kier molecular flexibility index (Phi) is 4.98. The number of benzene rings is 2. The van der Waals surface area contributed by atoms with Crippen LogP contribution in [-0.4, -0.2) is 55.7 Å². The van der Waals surface area contributed by atoms with Crippen LogP contribution in [0.3, 0.4) is 0 Å². The summed E-state index contributed by atoms with van der Waals surface area (Å²) in [6.45, 7) is 1.18. The third-order valence-electron chi connectivity index (χ3n) is 5.15. The largest absolute Gasteiger partial charge is 0.507 e. The Morgan fingerprint density at radius 2 is 1.83 bits per heavy atom. The number of likely N-dealkylation sites (tertiary alicyclic amines) is 1. The summed E-state index contributed by atoms with van der Waals surface area (Å²) in [7, 11) is 3.96. The topological polar surface area (TPSA) is 80.5 Å². The van der Waals surface area contributed by atoms with Crippen LogP contribution in [0.2, 0.25) is 0 Å². The molecule has 2 aromatic carbocycles. The number of nitrogens with zero attached hydrogens (tertiary/aromatic N) is 1. The van der Waals surface area contributed by atoms with Crippen molar-refractivity contribution in [3.05, 3.63) is 65.2 Å². The van der Waals surface area contributed by atoms with Crippen molar-refractivity contribution in [1.82, 2.24) is 4.90 Å². The van der Waals surface area contributed by atoms with E-state index < -0.39 is 17.7 Å². The zero-order chi connectivity index (χ0) is 20.5. The fourth-order valence-corrected chi connectivity index (χ4v) is 3.64. The highest BCUT2D eigenvalue weighted by molar-refractivity contribution is 6.46. The summed E-state index contributed by atoms with van der Waals surface area (Å²) in [5, 5.41) is 10.9. The fraction of sp³-hybridized carbons (Fsp3) is 0.273. The van der Waals surface area contributed by atoms with E-state index in [0.29, 0.717) is 35.7 Å². The van der Waals surface area contributed by atoms with Gasteiger partial charge < -0.3 is 24.4 Å². The second-order valence-electron chi connectivity index (χ2n) is 7.43. The van der Waals surface area contributed by atoms with Gasteiger partial charge in [0.1, 0.15) is 5.76 Å². The fourth-order valence-electron chi connectivity index (χ4n) is 3.64. The molecular weight excluding hydrogens is 372 g/mol. The van der Waals surface area contributed by atoms with Gasteiger partial charge >= 0.3 is 0 Å². The van der Waals surface area contributed by atoms with Gasteiger partial charge in [-0.05, 0) is 17.7 Å². The molecule has 150 valence electrons. The maximum absolute atomic E-state index is 12.9. The number of carbonyl (C=O) groups is 2. The van der Waals surface area contributed by atoms with Crippen LogP contribution in [0, 0.1) is 0 Å². The molecule has 29 heavy (non-hydrogen) atoms. The van der Waals surface area contributed by atoms with Gasteiger partial charge in [-0.3, -0.25) is 9.59 Å². The van der Waals surface area contributed by atoms with Crippen LogP contribution in [0.25, 0.3) is 5.76 Å². The molecular formula is C22H23N2O5+. The van der Waals surface area contributed by atoms with Crippen LogP contribution in [0.15, 0.2) is 54.1 Å². The minimum absolute atomic E-state index is 0.0915. The summed E-state index contributed by atoms with van der Waals surface area (Å²) in [6.07, 6.45) is 0. The molecule has 2 aliphatic heterocycles. The van der Waals surface area contributed by atoms with Crippen molar-refractivity contribution in [2.75, 3.05) is 34.0 Å². The number of fused-ring (bicyclic) bond motifs is 1. The van der Waals surface area contributed by atoms with Gasteiger partial charge in [-0.15, -0.1) is 0 Å². The molecule has 0 saturated carbocycles. The quantitative estimate of drug-likeness (QED) is 0.448. The summed E-state index contributed by atoms with van der Waals surface area (Å²) in [4.78, 5) is 28.4. The molecule has 1 amide bonds. The summed E-state index contributed by atoms with van der Waals surface area (Å²) < 4.78 is 10.8. The van der Waals surface area contributed by atoms with Crippen molar-refractivity contribution < 1.29 is 29.1 Å². The van der Waals surface area contributed by atoms with Crippen molar-refractivity contribution in [3.8, 4) is 11.5 Å². The third-order valence-corrected chi connectivity index (χ3v) is 5.15. The molecule has 1 saturated heterocycles. The predicted octanol–water partition coefficient (Wildman–Crippen LogP) is 0.982. The molecule has 0 radical (unpaired) electrons. The van der Waals surface area contributed by atoms with Gasteiger partial charge in [-0.1, -0.05) is 36.4 Å². The van der Waals surface area contributed by atoms with Gasteiger partial charge in [0.15, 0.2) is 11.5 Å². The average molecular weight is 395 g/mol. The van der Waals surface area contributed by atoms with E-state index >= 15 is 0 Å². The number of quaternary nitrogens is 1. The number of nitrogens with one attached hydrogen (secondary N) is 1. The number of carbonyl (C=O) groups excluding carboxylic acids is 2. The zero-order valence-corrected chi connectivity index (χ0v) is 16.3. The number of ether oxygens (including phenoxy) is 2. The summed E-state index contributed by atoms with van der Waals surface area (Å²) in [5.41, 5.74) is 1.28. The Balaban J connectivity index is 1.84. The average Bonchev–Trinajstić information content (AvgIpc) is 3.29. The van der Waals surface area contributed by atoms with E-state index in [4.69, 9.17) is 9.47 Å². The minimum atomic E-state index is -0.691.